The molecule has 0 bridgehead atoms. The molecule has 0 aromatic carbocycles. The van der Waals surface area contributed by atoms with Crippen LogP contribution in [-0.2, 0) is 9.59 Å². The summed E-state index contributed by atoms with van der Waals surface area (Å²) in [6.07, 6.45) is 14.4. The van der Waals surface area contributed by atoms with Crippen LogP contribution in [-0.4, -0.2) is 29.1 Å². The Bertz CT molecular complexity index is 186. The largest absolute Gasteiger partial charge is 1.00 e. The van der Waals surface area contributed by atoms with Crippen LogP contribution < -0.4 is 29.6 Å². The van der Waals surface area contributed by atoms with Gasteiger partial charge in [-0.3, -0.25) is 6.29 Å². The van der Waals surface area contributed by atoms with Crippen molar-refractivity contribution >= 4 is 12.3 Å². The van der Waals surface area contributed by atoms with Gasteiger partial charge in [0.15, 0.2) is 0 Å². The number of hydrogen-bond acceptors (Lipinski definition) is 3. The van der Waals surface area contributed by atoms with Crippen molar-refractivity contribution in [1.29, 1.82) is 0 Å². The Morgan fingerprint density at radius 2 is 1.32 bits per heavy atom. The molecule has 0 aromatic rings. The first-order chi connectivity index (χ1) is 8.68. The number of hydrogen-bond donors (Lipinski definition) is 2. The maximum absolute atomic E-state index is 9.89. The van der Waals surface area contributed by atoms with E-state index in [-0.39, 0.29) is 29.6 Å². The van der Waals surface area contributed by atoms with Gasteiger partial charge in [0.1, 0.15) is 6.61 Å². The molecular formula is C14H27NaO4. The van der Waals surface area contributed by atoms with Crippen molar-refractivity contribution in [3.63, 3.8) is 0 Å². The second kappa shape index (κ2) is 23.2. The van der Waals surface area contributed by atoms with Gasteiger partial charge in [-0.15, -0.1) is 0 Å². The van der Waals surface area contributed by atoms with Gasteiger partial charge in [-0.05, 0) is 0 Å². The fourth-order valence-electron chi connectivity index (χ4n) is 1.51. The number of carbonyl (C=O) groups excluding carboxylic acids is 1. The number of aliphatic hydroxyl groups excluding tert-OH is 1. The van der Waals surface area contributed by atoms with E-state index in [0.717, 1.165) is 6.42 Å². The van der Waals surface area contributed by atoms with Crippen molar-refractivity contribution in [2.45, 2.75) is 71.1 Å². The van der Waals surface area contributed by atoms with Gasteiger partial charge in [0.05, 0.1) is 0 Å². The number of rotatable bonds is 11. The average Bonchev–Trinajstić information content (AvgIpc) is 2.37. The molecular weight excluding hydrogens is 255 g/mol. The predicted octanol–water partition coefficient (Wildman–Crippen LogP) is 0.0843. The average molecular weight is 282 g/mol. The zero-order valence-electron chi connectivity index (χ0n) is 12.5. The molecule has 0 amide bonds. The van der Waals surface area contributed by atoms with E-state index in [1.54, 1.807) is 0 Å². The normalized spacial score (nSPS) is 8.95. The van der Waals surface area contributed by atoms with E-state index in [1.807, 2.05) is 6.29 Å². The minimum absolute atomic E-state index is 0. The van der Waals surface area contributed by atoms with E-state index in [1.165, 1.54) is 51.4 Å². The van der Waals surface area contributed by atoms with Gasteiger partial charge in [-0.2, -0.15) is 6.42 Å². The molecule has 0 aliphatic heterocycles. The Morgan fingerprint density at radius 1 is 0.947 bits per heavy atom. The Morgan fingerprint density at radius 3 is 1.63 bits per heavy atom. The summed E-state index contributed by atoms with van der Waals surface area (Å²) < 4.78 is 0. The summed E-state index contributed by atoms with van der Waals surface area (Å²) in [5.41, 5.74) is 0. The summed E-state index contributed by atoms with van der Waals surface area (Å²) >= 11 is 0. The number of carboxylic acid groups (broad SMARTS) is 1. The van der Waals surface area contributed by atoms with Crippen LogP contribution in [0.15, 0.2) is 0 Å². The molecule has 0 unspecified atom stereocenters. The maximum Gasteiger partial charge on any atom is 1.00 e. The van der Waals surface area contributed by atoms with Crippen LogP contribution in [0.4, 0.5) is 0 Å². The first kappa shape index (κ1) is 24.1. The zero-order chi connectivity index (χ0) is 14.1. The van der Waals surface area contributed by atoms with E-state index in [0.29, 0.717) is 6.42 Å². The van der Waals surface area contributed by atoms with Crippen molar-refractivity contribution in [2.24, 2.45) is 0 Å². The van der Waals surface area contributed by atoms with Crippen LogP contribution in [0.2, 0.25) is 0 Å². The zero-order valence-corrected chi connectivity index (χ0v) is 14.5. The van der Waals surface area contributed by atoms with E-state index in [4.69, 9.17) is 15.0 Å². The van der Waals surface area contributed by atoms with Gasteiger partial charge in [0.25, 0.3) is 0 Å². The molecule has 0 rings (SSSR count). The minimum Gasteiger partial charge on any atom is -0.542 e. The van der Waals surface area contributed by atoms with Crippen molar-refractivity contribution in [3.05, 3.63) is 0 Å². The Balaban J connectivity index is -0.000000366. The molecule has 4 nitrogen and oxygen atoms in total. The molecule has 0 aliphatic rings. The molecule has 0 aromatic heterocycles. The van der Waals surface area contributed by atoms with Gasteiger partial charge in [0.2, 0.25) is 0 Å². The number of carbonyl (C=O) groups is 1. The molecule has 0 radical (unpaired) electrons. The Hall–Kier alpha value is 0.1000. The molecule has 0 atom stereocenters. The molecule has 2 N–H and O–H groups in total. The number of carboxylic acids is 1. The molecule has 0 saturated carbocycles. The van der Waals surface area contributed by atoms with Crippen LogP contribution in [0, 0.1) is 0 Å². The van der Waals surface area contributed by atoms with Gasteiger partial charge < -0.3 is 15.0 Å². The molecule has 19 heavy (non-hydrogen) atoms. The van der Waals surface area contributed by atoms with Crippen molar-refractivity contribution < 1.29 is 49.4 Å². The van der Waals surface area contributed by atoms with Crippen LogP contribution in [0.3, 0.4) is 0 Å². The predicted molar refractivity (Wildman–Crippen MR) is 72.3 cm³/mol. The van der Waals surface area contributed by atoms with Crippen molar-refractivity contribution in [3.8, 4) is 0 Å². The second-order valence-electron chi connectivity index (χ2n) is 4.27. The molecule has 0 fully saturated rings. The molecule has 0 heterocycles. The van der Waals surface area contributed by atoms with Gasteiger partial charge in [-0.1, -0.05) is 64.7 Å². The standard InChI is InChI=1S/C12H23O.C2H4O3.Na/c1-2-3-4-5-6-7-8-9-10-11-12-13;3-1-2(4)5;/h2-11H2,1H3;3H,1H2,(H,4,5);/q-1;;+1. The van der Waals surface area contributed by atoms with Crippen LogP contribution in [0.1, 0.15) is 71.1 Å². The van der Waals surface area contributed by atoms with E-state index in [2.05, 4.69) is 6.92 Å². The third-order valence-electron chi connectivity index (χ3n) is 2.52. The first-order valence-corrected chi connectivity index (χ1v) is 6.86. The molecule has 0 saturated heterocycles. The monoisotopic (exact) mass is 282 g/mol. The van der Waals surface area contributed by atoms with Crippen LogP contribution in [0.5, 0.6) is 0 Å². The quantitative estimate of drug-likeness (QED) is 0.320. The van der Waals surface area contributed by atoms with Gasteiger partial charge in [0, 0.05) is 0 Å². The van der Waals surface area contributed by atoms with Gasteiger partial charge in [-0.25, -0.2) is 4.79 Å². The summed E-state index contributed by atoms with van der Waals surface area (Å²) in [5.74, 6) is -1.19. The first-order valence-electron chi connectivity index (χ1n) is 6.86. The molecule has 0 aliphatic carbocycles. The smallest absolute Gasteiger partial charge is 0.542 e. The fraction of sp³-hybridized carbons (Fsp3) is 0.857. The topological polar surface area (TPSA) is 74.6 Å². The number of aliphatic carboxylic acids is 1. The van der Waals surface area contributed by atoms with Crippen LogP contribution in [0.25, 0.3) is 0 Å². The maximum atomic E-state index is 9.89. The molecule has 108 valence electrons. The summed E-state index contributed by atoms with van der Waals surface area (Å²) in [4.78, 5) is 19.0. The summed E-state index contributed by atoms with van der Waals surface area (Å²) in [6, 6.07) is 0. The van der Waals surface area contributed by atoms with Crippen LogP contribution >= 0.6 is 0 Å². The summed E-state index contributed by atoms with van der Waals surface area (Å²) in [6.45, 7) is 1.47. The minimum atomic E-state index is -1.19. The third-order valence-corrected chi connectivity index (χ3v) is 2.52. The fourth-order valence-corrected chi connectivity index (χ4v) is 1.51. The van der Waals surface area contributed by atoms with Crippen molar-refractivity contribution in [1.82, 2.24) is 0 Å². The summed E-state index contributed by atoms with van der Waals surface area (Å²) in [5, 5.41) is 15.0. The number of aliphatic hydroxyl groups is 1. The number of unbranched alkanes of at least 4 members (excludes halogenated alkanes) is 9. The van der Waals surface area contributed by atoms with E-state index in [9.17, 15) is 4.79 Å². The molecule has 0 spiro atoms. The Kier molecular flexibility index (Phi) is 29.5. The molecule has 5 heteroatoms. The van der Waals surface area contributed by atoms with E-state index < -0.39 is 12.6 Å². The van der Waals surface area contributed by atoms with E-state index >= 15 is 0 Å². The SMILES string of the molecule is CCCCCCCCCCC[C-]=O.O=C(O)CO.[Na+]. The van der Waals surface area contributed by atoms with Crippen molar-refractivity contribution in [2.75, 3.05) is 6.61 Å². The Labute approximate surface area is 139 Å². The second-order valence-corrected chi connectivity index (χ2v) is 4.27. The van der Waals surface area contributed by atoms with Gasteiger partial charge >= 0.3 is 35.5 Å². The third kappa shape index (κ3) is 32.0. The summed E-state index contributed by atoms with van der Waals surface area (Å²) in [7, 11) is 0.